The average molecular weight is 271 g/mol. The summed E-state index contributed by atoms with van der Waals surface area (Å²) in [5, 5.41) is 9.02. The fraction of sp³-hybridized carbons (Fsp3) is 0.846. The third-order valence-electron chi connectivity index (χ3n) is 3.47. The van der Waals surface area contributed by atoms with Crippen LogP contribution in [0.1, 0.15) is 19.3 Å². The maximum Gasteiger partial charge on any atom is 0.319 e. The number of piperidine rings is 1. The Morgan fingerprint density at radius 2 is 1.95 bits per heavy atom. The summed E-state index contributed by atoms with van der Waals surface area (Å²) >= 11 is 0. The summed E-state index contributed by atoms with van der Waals surface area (Å²) in [6.07, 6.45) is 2.36. The van der Waals surface area contributed by atoms with Crippen LogP contribution < -0.4 is 0 Å². The van der Waals surface area contributed by atoms with Crippen LogP contribution in [0, 0.1) is 5.92 Å². The molecule has 0 aliphatic carbocycles. The summed E-state index contributed by atoms with van der Waals surface area (Å²) in [6, 6.07) is -0.0512. The van der Waals surface area contributed by atoms with Gasteiger partial charge >= 0.3 is 12.0 Å². The van der Waals surface area contributed by atoms with Gasteiger partial charge in [-0.05, 0) is 39.9 Å². The van der Waals surface area contributed by atoms with E-state index in [1.54, 1.807) is 16.8 Å². The van der Waals surface area contributed by atoms with E-state index in [0.29, 0.717) is 26.1 Å². The number of carbonyl (C=O) groups excluding carboxylic acids is 1. The molecule has 0 aromatic carbocycles. The summed E-state index contributed by atoms with van der Waals surface area (Å²) in [7, 11) is 5.79. The van der Waals surface area contributed by atoms with Crippen molar-refractivity contribution < 1.29 is 14.7 Å². The van der Waals surface area contributed by atoms with Gasteiger partial charge in [0.2, 0.25) is 0 Å². The number of carboxylic acid groups (broad SMARTS) is 1. The molecule has 0 saturated carbocycles. The molecule has 2 amide bonds. The van der Waals surface area contributed by atoms with E-state index < -0.39 is 11.9 Å². The SMILES string of the molecule is CN(C)CCCN(C)C(=O)N1CCCC(C(=O)O)C1. The van der Waals surface area contributed by atoms with Gasteiger partial charge in [-0.3, -0.25) is 4.79 Å². The van der Waals surface area contributed by atoms with Crippen molar-refractivity contribution in [1.82, 2.24) is 14.7 Å². The van der Waals surface area contributed by atoms with Crippen molar-refractivity contribution in [3.05, 3.63) is 0 Å². The summed E-state index contributed by atoms with van der Waals surface area (Å²) in [5.74, 6) is -1.21. The van der Waals surface area contributed by atoms with Crippen LogP contribution in [0.25, 0.3) is 0 Å². The number of nitrogens with zero attached hydrogens (tertiary/aromatic N) is 3. The van der Waals surface area contributed by atoms with E-state index in [4.69, 9.17) is 5.11 Å². The van der Waals surface area contributed by atoms with Gasteiger partial charge < -0.3 is 19.8 Å². The topological polar surface area (TPSA) is 64.1 Å². The maximum absolute atomic E-state index is 12.2. The monoisotopic (exact) mass is 271 g/mol. The molecule has 0 bridgehead atoms. The Morgan fingerprint density at radius 3 is 2.53 bits per heavy atom. The molecule has 19 heavy (non-hydrogen) atoms. The maximum atomic E-state index is 12.2. The van der Waals surface area contributed by atoms with E-state index in [0.717, 1.165) is 19.4 Å². The minimum Gasteiger partial charge on any atom is -0.481 e. The quantitative estimate of drug-likeness (QED) is 0.803. The minimum atomic E-state index is -0.798. The van der Waals surface area contributed by atoms with Crippen molar-refractivity contribution in [3.63, 3.8) is 0 Å². The number of rotatable bonds is 5. The predicted octanol–water partition coefficient (Wildman–Crippen LogP) is 0.786. The van der Waals surface area contributed by atoms with Crippen molar-refractivity contribution in [1.29, 1.82) is 0 Å². The second kappa shape index (κ2) is 7.33. The highest BCUT2D eigenvalue weighted by atomic mass is 16.4. The molecule has 110 valence electrons. The highest BCUT2D eigenvalue weighted by Crippen LogP contribution is 2.17. The third-order valence-corrected chi connectivity index (χ3v) is 3.47. The number of likely N-dealkylation sites (tertiary alicyclic amines) is 1. The number of aliphatic carboxylic acids is 1. The van der Waals surface area contributed by atoms with Crippen molar-refractivity contribution >= 4 is 12.0 Å². The van der Waals surface area contributed by atoms with Gasteiger partial charge in [0.15, 0.2) is 0 Å². The molecular weight excluding hydrogens is 246 g/mol. The Balaban J connectivity index is 2.40. The van der Waals surface area contributed by atoms with Crippen molar-refractivity contribution in [2.75, 3.05) is 47.3 Å². The lowest BCUT2D eigenvalue weighted by molar-refractivity contribution is -0.143. The first-order valence-electron chi connectivity index (χ1n) is 6.79. The van der Waals surface area contributed by atoms with Crippen molar-refractivity contribution in [3.8, 4) is 0 Å². The molecule has 1 atom stereocenters. The molecule has 1 aliphatic heterocycles. The van der Waals surface area contributed by atoms with Gasteiger partial charge in [-0.15, -0.1) is 0 Å². The average Bonchev–Trinajstić information content (AvgIpc) is 2.37. The molecule has 1 aliphatic rings. The molecule has 0 aromatic heterocycles. The first-order valence-corrected chi connectivity index (χ1v) is 6.79. The van der Waals surface area contributed by atoms with Crippen LogP contribution in [0.3, 0.4) is 0 Å². The van der Waals surface area contributed by atoms with Crippen LogP contribution in [-0.4, -0.2) is 79.1 Å². The van der Waals surface area contributed by atoms with E-state index >= 15 is 0 Å². The highest BCUT2D eigenvalue weighted by Gasteiger charge is 2.29. The molecule has 6 heteroatoms. The largest absolute Gasteiger partial charge is 0.481 e. The van der Waals surface area contributed by atoms with Gasteiger partial charge in [0.1, 0.15) is 0 Å². The number of carbonyl (C=O) groups is 2. The normalized spacial score (nSPS) is 19.6. The van der Waals surface area contributed by atoms with Gasteiger partial charge in [0, 0.05) is 26.7 Å². The zero-order valence-corrected chi connectivity index (χ0v) is 12.1. The molecule has 1 saturated heterocycles. The summed E-state index contributed by atoms with van der Waals surface area (Å²) < 4.78 is 0. The number of hydrogen-bond acceptors (Lipinski definition) is 3. The Bertz CT molecular complexity index is 320. The second-order valence-electron chi connectivity index (χ2n) is 5.48. The first kappa shape index (κ1) is 15.8. The lowest BCUT2D eigenvalue weighted by atomic mass is 9.99. The lowest BCUT2D eigenvalue weighted by Crippen LogP contribution is -2.48. The number of carboxylic acids is 1. The lowest BCUT2D eigenvalue weighted by Gasteiger charge is -2.33. The summed E-state index contributed by atoms with van der Waals surface area (Å²) in [6.45, 7) is 2.65. The van der Waals surface area contributed by atoms with Crippen molar-refractivity contribution in [2.24, 2.45) is 5.92 Å². The fourth-order valence-electron chi connectivity index (χ4n) is 2.31. The molecule has 1 heterocycles. The highest BCUT2D eigenvalue weighted by molar-refractivity contribution is 5.76. The van der Waals surface area contributed by atoms with E-state index in [-0.39, 0.29) is 6.03 Å². The van der Waals surface area contributed by atoms with Gasteiger partial charge in [0.25, 0.3) is 0 Å². The van der Waals surface area contributed by atoms with E-state index in [9.17, 15) is 9.59 Å². The summed E-state index contributed by atoms with van der Waals surface area (Å²) in [4.78, 5) is 28.6. The van der Waals surface area contributed by atoms with Gasteiger partial charge in [-0.2, -0.15) is 0 Å². The Hall–Kier alpha value is -1.30. The minimum absolute atomic E-state index is 0.0512. The third kappa shape index (κ3) is 5.06. The van der Waals surface area contributed by atoms with Gasteiger partial charge in [0.05, 0.1) is 5.92 Å². The zero-order valence-electron chi connectivity index (χ0n) is 12.1. The van der Waals surface area contributed by atoms with Crippen LogP contribution >= 0.6 is 0 Å². The number of hydrogen-bond donors (Lipinski definition) is 1. The molecule has 0 aromatic rings. The molecule has 0 radical (unpaired) electrons. The molecule has 1 fully saturated rings. The first-order chi connectivity index (χ1) is 8.91. The van der Waals surface area contributed by atoms with E-state index in [1.807, 2.05) is 14.1 Å². The van der Waals surface area contributed by atoms with Crippen molar-refractivity contribution in [2.45, 2.75) is 19.3 Å². The molecular formula is C13H25N3O3. The Labute approximate surface area is 115 Å². The zero-order chi connectivity index (χ0) is 14.4. The van der Waals surface area contributed by atoms with Crippen LogP contribution in [0.2, 0.25) is 0 Å². The van der Waals surface area contributed by atoms with E-state index in [1.165, 1.54) is 0 Å². The Kier molecular flexibility index (Phi) is 6.08. The van der Waals surface area contributed by atoms with Crippen LogP contribution in [-0.2, 0) is 4.79 Å². The Morgan fingerprint density at radius 1 is 1.26 bits per heavy atom. The van der Waals surface area contributed by atoms with Gasteiger partial charge in [-0.25, -0.2) is 4.79 Å². The van der Waals surface area contributed by atoms with Crippen LogP contribution in [0.15, 0.2) is 0 Å². The van der Waals surface area contributed by atoms with Gasteiger partial charge in [-0.1, -0.05) is 0 Å². The second-order valence-corrected chi connectivity index (χ2v) is 5.48. The molecule has 0 spiro atoms. The number of urea groups is 1. The van der Waals surface area contributed by atoms with Crippen LogP contribution in [0.5, 0.6) is 0 Å². The molecule has 6 nitrogen and oxygen atoms in total. The van der Waals surface area contributed by atoms with Crippen LogP contribution in [0.4, 0.5) is 4.79 Å². The molecule has 1 N–H and O–H groups in total. The standard InChI is InChI=1S/C13H25N3O3/c1-14(2)7-5-8-15(3)13(19)16-9-4-6-11(10-16)12(17)18/h11H,4-10H2,1-3H3,(H,17,18). The summed E-state index contributed by atoms with van der Waals surface area (Å²) in [5.41, 5.74) is 0. The smallest absolute Gasteiger partial charge is 0.319 e. The molecule has 1 rings (SSSR count). The fourth-order valence-corrected chi connectivity index (χ4v) is 2.31. The number of amides is 2. The molecule has 1 unspecified atom stereocenters. The van der Waals surface area contributed by atoms with E-state index in [2.05, 4.69) is 4.90 Å². The predicted molar refractivity (Wildman–Crippen MR) is 73.1 cm³/mol.